The standard InChI is InChI=1S/C22H27FN2O2/c1-17-14-18(15-24-11-5-13-25-12-4-8-22(25)26)9-10-21(17)27-16-19-6-2-3-7-20(19)23/h2-3,6-7,9-10,14,24H,4-5,8,11-13,15-16H2,1H3. The second kappa shape index (κ2) is 9.51. The number of nitrogens with one attached hydrogen (secondary N) is 1. The molecule has 0 aliphatic carbocycles. The fourth-order valence-electron chi connectivity index (χ4n) is 3.32. The van der Waals surface area contributed by atoms with Gasteiger partial charge in [0.1, 0.15) is 18.2 Å². The number of ether oxygens (including phenoxy) is 1. The van der Waals surface area contributed by atoms with Gasteiger partial charge in [0, 0.05) is 31.6 Å². The Labute approximate surface area is 160 Å². The lowest BCUT2D eigenvalue weighted by Gasteiger charge is -2.15. The molecule has 0 aromatic heterocycles. The van der Waals surface area contributed by atoms with Gasteiger partial charge in [-0.15, -0.1) is 0 Å². The maximum atomic E-state index is 13.7. The largest absolute Gasteiger partial charge is 0.489 e. The Kier molecular flexibility index (Phi) is 6.82. The highest BCUT2D eigenvalue weighted by atomic mass is 19.1. The summed E-state index contributed by atoms with van der Waals surface area (Å²) >= 11 is 0. The van der Waals surface area contributed by atoms with Crippen LogP contribution in [0.15, 0.2) is 42.5 Å². The zero-order valence-electron chi connectivity index (χ0n) is 15.8. The van der Waals surface area contributed by atoms with E-state index >= 15 is 0 Å². The third-order valence-corrected chi connectivity index (χ3v) is 4.86. The SMILES string of the molecule is Cc1cc(CNCCCN2CCCC2=O)ccc1OCc1ccccc1F. The van der Waals surface area contributed by atoms with E-state index in [-0.39, 0.29) is 18.3 Å². The molecule has 1 fully saturated rings. The smallest absolute Gasteiger partial charge is 0.222 e. The van der Waals surface area contributed by atoms with Gasteiger partial charge in [-0.05, 0) is 49.6 Å². The lowest BCUT2D eigenvalue weighted by atomic mass is 10.1. The maximum Gasteiger partial charge on any atom is 0.222 e. The number of carbonyl (C=O) groups excluding carboxylic acids is 1. The van der Waals surface area contributed by atoms with E-state index < -0.39 is 0 Å². The molecule has 1 aliphatic rings. The highest BCUT2D eigenvalue weighted by Gasteiger charge is 2.18. The summed E-state index contributed by atoms with van der Waals surface area (Å²) in [4.78, 5) is 13.5. The average molecular weight is 370 g/mol. The minimum Gasteiger partial charge on any atom is -0.489 e. The third-order valence-electron chi connectivity index (χ3n) is 4.86. The Morgan fingerprint density at radius 3 is 2.81 bits per heavy atom. The van der Waals surface area contributed by atoms with Crippen LogP contribution >= 0.6 is 0 Å². The van der Waals surface area contributed by atoms with Gasteiger partial charge in [0.15, 0.2) is 0 Å². The number of rotatable bonds is 9. The first-order valence-electron chi connectivity index (χ1n) is 9.58. The molecule has 0 radical (unpaired) electrons. The molecule has 0 saturated carbocycles. The first-order chi connectivity index (χ1) is 13.1. The normalized spacial score (nSPS) is 14.0. The summed E-state index contributed by atoms with van der Waals surface area (Å²) < 4.78 is 19.4. The summed E-state index contributed by atoms with van der Waals surface area (Å²) in [5.74, 6) is 0.817. The van der Waals surface area contributed by atoms with E-state index in [4.69, 9.17) is 4.74 Å². The number of hydrogen-bond acceptors (Lipinski definition) is 3. The zero-order valence-corrected chi connectivity index (χ0v) is 15.8. The van der Waals surface area contributed by atoms with Crippen LogP contribution in [0.4, 0.5) is 4.39 Å². The van der Waals surface area contributed by atoms with Crippen LogP contribution < -0.4 is 10.1 Å². The molecule has 27 heavy (non-hydrogen) atoms. The average Bonchev–Trinajstić information content (AvgIpc) is 3.07. The molecule has 1 saturated heterocycles. The zero-order chi connectivity index (χ0) is 19.1. The van der Waals surface area contributed by atoms with Crippen LogP contribution in [0.5, 0.6) is 5.75 Å². The lowest BCUT2D eigenvalue weighted by Crippen LogP contribution is -2.28. The van der Waals surface area contributed by atoms with Gasteiger partial charge in [0.25, 0.3) is 0 Å². The number of nitrogens with zero attached hydrogens (tertiary/aromatic N) is 1. The topological polar surface area (TPSA) is 41.6 Å². The van der Waals surface area contributed by atoms with Crippen molar-refractivity contribution in [2.75, 3.05) is 19.6 Å². The van der Waals surface area contributed by atoms with Crippen molar-refractivity contribution < 1.29 is 13.9 Å². The monoisotopic (exact) mass is 370 g/mol. The number of aryl methyl sites for hydroxylation is 1. The van der Waals surface area contributed by atoms with E-state index in [2.05, 4.69) is 11.4 Å². The predicted molar refractivity (Wildman–Crippen MR) is 104 cm³/mol. The number of benzene rings is 2. The van der Waals surface area contributed by atoms with Crippen LogP contribution in [0.2, 0.25) is 0 Å². The highest BCUT2D eigenvalue weighted by molar-refractivity contribution is 5.77. The van der Waals surface area contributed by atoms with Crippen molar-refractivity contribution in [2.24, 2.45) is 0 Å². The van der Waals surface area contributed by atoms with Crippen LogP contribution in [-0.2, 0) is 17.9 Å². The Morgan fingerprint density at radius 2 is 2.07 bits per heavy atom. The molecule has 2 aromatic carbocycles. The Bertz CT molecular complexity index is 779. The van der Waals surface area contributed by atoms with Crippen molar-refractivity contribution in [1.82, 2.24) is 10.2 Å². The minimum atomic E-state index is -0.244. The summed E-state index contributed by atoms with van der Waals surface area (Å²) in [5.41, 5.74) is 2.77. The molecule has 144 valence electrons. The molecule has 0 atom stereocenters. The van der Waals surface area contributed by atoms with Crippen LogP contribution in [0.3, 0.4) is 0 Å². The molecule has 0 unspecified atom stereocenters. The van der Waals surface area contributed by atoms with Crippen molar-refractivity contribution in [3.63, 3.8) is 0 Å². The summed E-state index contributed by atoms with van der Waals surface area (Å²) in [5, 5.41) is 3.42. The number of halogens is 1. The van der Waals surface area contributed by atoms with Crippen LogP contribution in [0.25, 0.3) is 0 Å². The van der Waals surface area contributed by atoms with E-state index in [1.807, 2.05) is 30.0 Å². The highest BCUT2D eigenvalue weighted by Crippen LogP contribution is 2.21. The number of amides is 1. The molecule has 1 heterocycles. The lowest BCUT2D eigenvalue weighted by molar-refractivity contribution is -0.127. The molecule has 5 heteroatoms. The summed E-state index contributed by atoms with van der Waals surface area (Å²) in [6.45, 7) is 5.64. The molecular formula is C22H27FN2O2. The quantitative estimate of drug-likeness (QED) is 0.683. The van der Waals surface area contributed by atoms with Crippen molar-refractivity contribution in [2.45, 2.75) is 39.3 Å². The van der Waals surface area contributed by atoms with Crippen molar-refractivity contribution >= 4 is 5.91 Å². The summed E-state index contributed by atoms with van der Waals surface area (Å²) in [7, 11) is 0. The molecule has 1 aliphatic heterocycles. The van der Waals surface area contributed by atoms with Gasteiger partial charge in [-0.2, -0.15) is 0 Å². The Morgan fingerprint density at radius 1 is 1.22 bits per heavy atom. The minimum absolute atomic E-state index is 0.223. The first-order valence-corrected chi connectivity index (χ1v) is 9.58. The van der Waals surface area contributed by atoms with Crippen LogP contribution in [-0.4, -0.2) is 30.4 Å². The molecule has 4 nitrogen and oxygen atoms in total. The third kappa shape index (κ3) is 5.54. The van der Waals surface area contributed by atoms with Gasteiger partial charge in [-0.25, -0.2) is 4.39 Å². The van der Waals surface area contributed by atoms with Gasteiger partial charge in [-0.3, -0.25) is 4.79 Å². The molecule has 1 N–H and O–H groups in total. The van der Waals surface area contributed by atoms with Gasteiger partial charge < -0.3 is 15.0 Å². The van der Waals surface area contributed by atoms with Gasteiger partial charge in [0.2, 0.25) is 5.91 Å². The Balaban J connectivity index is 1.41. The number of likely N-dealkylation sites (tertiary alicyclic amines) is 1. The first kappa shape index (κ1) is 19.4. The van der Waals surface area contributed by atoms with Crippen LogP contribution in [0.1, 0.15) is 36.0 Å². The summed E-state index contributed by atoms with van der Waals surface area (Å²) in [6.07, 6.45) is 2.67. The molecule has 0 spiro atoms. The van der Waals surface area contributed by atoms with E-state index in [1.54, 1.807) is 12.1 Å². The van der Waals surface area contributed by atoms with Crippen LogP contribution in [0, 0.1) is 12.7 Å². The van der Waals surface area contributed by atoms with Crippen molar-refractivity contribution in [3.05, 3.63) is 65.0 Å². The van der Waals surface area contributed by atoms with Gasteiger partial charge in [-0.1, -0.05) is 30.3 Å². The Hall–Kier alpha value is -2.40. The molecule has 0 bridgehead atoms. The molecule has 3 rings (SSSR count). The molecule has 1 amide bonds. The fourth-order valence-corrected chi connectivity index (χ4v) is 3.32. The van der Waals surface area contributed by atoms with Crippen molar-refractivity contribution in [3.8, 4) is 5.75 Å². The van der Waals surface area contributed by atoms with E-state index in [0.29, 0.717) is 12.0 Å². The second-order valence-electron chi connectivity index (χ2n) is 6.99. The molecule has 2 aromatic rings. The van der Waals surface area contributed by atoms with E-state index in [9.17, 15) is 9.18 Å². The predicted octanol–water partition coefficient (Wildman–Crippen LogP) is 3.82. The second-order valence-corrected chi connectivity index (χ2v) is 6.99. The number of carbonyl (C=O) groups is 1. The van der Waals surface area contributed by atoms with E-state index in [1.165, 1.54) is 11.6 Å². The summed E-state index contributed by atoms with van der Waals surface area (Å²) in [6, 6.07) is 12.7. The fraction of sp³-hybridized carbons (Fsp3) is 0.409. The van der Waals surface area contributed by atoms with Crippen molar-refractivity contribution in [1.29, 1.82) is 0 Å². The maximum absolute atomic E-state index is 13.7. The number of hydrogen-bond donors (Lipinski definition) is 1. The van der Waals surface area contributed by atoms with Gasteiger partial charge >= 0.3 is 0 Å². The van der Waals surface area contributed by atoms with E-state index in [0.717, 1.165) is 50.3 Å². The van der Waals surface area contributed by atoms with Gasteiger partial charge in [0.05, 0.1) is 0 Å². The molecular weight excluding hydrogens is 343 g/mol.